The molecule has 35 heavy (non-hydrogen) atoms. The first-order chi connectivity index (χ1) is 16.8. The molecule has 4 aromatic rings. The van der Waals surface area contributed by atoms with E-state index in [4.69, 9.17) is 0 Å². The topological polar surface area (TPSA) is 85.6 Å². The molecule has 7 nitrogen and oxygen atoms in total. The summed E-state index contributed by atoms with van der Waals surface area (Å²) in [6.07, 6.45) is 10.7. The molecule has 1 unspecified atom stereocenters. The molecule has 180 valence electrons. The highest BCUT2D eigenvalue weighted by molar-refractivity contribution is 7.13. The smallest absolute Gasteiger partial charge is 0.175 e. The predicted octanol–water partition coefficient (Wildman–Crippen LogP) is 6.07. The van der Waals surface area contributed by atoms with E-state index in [1.54, 1.807) is 23.4 Å². The number of nitrogens with one attached hydrogen (secondary N) is 1. The van der Waals surface area contributed by atoms with Crippen molar-refractivity contribution >= 4 is 28.6 Å². The third-order valence-corrected chi connectivity index (χ3v) is 7.84. The van der Waals surface area contributed by atoms with Gasteiger partial charge >= 0.3 is 0 Å². The van der Waals surface area contributed by atoms with Gasteiger partial charge in [-0.05, 0) is 42.4 Å². The molecule has 0 amide bonds. The van der Waals surface area contributed by atoms with Crippen molar-refractivity contribution in [3.05, 3.63) is 70.2 Å². The number of fused-ring (bicyclic) bond motifs is 1. The first-order valence-corrected chi connectivity index (χ1v) is 12.8. The first-order valence-electron chi connectivity index (χ1n) is 12.0. The van der Waals surface area contributed by atoms with Crippen LogP contribution in [-0.2, 0) is 18.9 Å². The normalized spacial score (nSPS) is 15.6. The predicted molar refractivity (Wildman–Crippen MR) is 139 cm³/mol. The standard InChI is InChI=1S/C27H30N6OS/c1-27(2,3)26-28-14-24(35-26)23(34)11-18-7-5-6-17-10-19(8-9-21(17)18)22-12-25(30-16-29-22)32-20-13-31-33(4)15-20/h8-10,12-16,18H,5-7,11H2,1-4H3,(H,29,30,32). The number of aryl methyl sites for hydroxylation is 2. The Kier molecular flexibility index (Phi) is 6.23. The maximum absolute atomic E-state index is 13.1. The van der Waals surface area contributed by atoms with E-state index in [1.165, 1.54) is 22.5 Å². The summed E-state index contributed by atoms with van der Waals surface area (Å²) < 4.78 is 1.74. The summed E-state index contributed by atoms with van der Waals surface area (Å²) in [7, 11) is 1.88. The first kappa shape index (κ1) is 23.4. The molecule has 0 bridgehead atoms. The number of carbonyl (C=O) groups excluding carboxylic acids is 1. The van der Waals surface area contributed by atoms with E-state index in [0.717, 1.165) is 51.9 Å². The summed E-state index contributed by atoms with van der Waals surface area (Å²) in [5.41, 5.74) is 5.37. The molecule has 3 heterocycles. The number of ketones is 1. The van der Waals surface area contributed by atoms with Crippen LogP contribution in [0.1, 0.15) is 71.8 Å². The van der Waals surface area contributed by atoms with E-state index >= 15 is 0 Å². The number of nitrogens with zero attached hydrogens (tertiary/aromatic N) is 5. The molecule has 3 aromatic heterocycles. The molecule has 0 saturated carbocycles. The minimum atomic E-state index is -0.0363. The van der Waals surface area contributed by atoms with Gasteiger partial charge in [0, 0.05) is 42.9 Å². The van der Waals surface area contributed by atoms with Crippen molar-refractivity contribution in [3.8, 4) is 11.3 Å². The van der Waals surface area contributed by atoms with Crippen LogP contribution < -0.4 is 5.32 Å². The molecule has 1 N–H and O–H groups in total. The van der Waals surface area contributed by atoms with Crippen LogP contribution in [0, 0.1) is 0 Å². The SMILES string of the molecule is Cn1cc(Nc2cc(-c3ccc4c(c3)CCCC4CC(=O)c3cnc(C(C)(C)C)s3)ncn2)cn1. The summed E-state index contributed by atoms with van der Waals surface area (Å²) in [6.45, 7) is 6.39. The maximum atomic E-state index is 13.1. The van der Waals surface area contributed by atoms with Gasteiger partial charge in [0.05, 0.1) is 27.5 Å². The van der Waals surface area contributed by atoms with Crippen molar-refractivity contribution in [2.24, 2.45) is 7.05 Å². The zero-order chi connectivity index (χ0) is 24.6. The largest absolute Gasteiger partial charge is 0.338 e. The van der Waals surface area contributed by atoms with Gasteiger partial charge in [0.2, 0.25) is 0 Å². The highest BCUT2D eigenvalue weighted by Gasteiger charge is 2.26. The van der Waals surface area contributed by atoms with Gasteiger partial charge in [-0.25, -0.2) is 15.0 Å². The summed E-state index contributed by atoms with van der Waals surface area (Å²) in [5, 5.41) is 8.47. The molecule has 8 heteroatoms. The van der Waals surface area contributed by atoms with Crippen molar-refractivity contribution < 1.29 is 4.79 Å². The van der Waals surface area contributed by atoms with E-state index in [0.29, 0.717) is 6.42 Å². The van der Waals surface area contributed by atoms with Crippen LogP contribution in [0.3, 0.4) is 0 Å². The molecule has 5 rings (SSSR count). The van der Waals surface area contributed by atoms with E-state index in [1.807, 2.05) is 19.3 Å². The van der Waals surface area contributed by atoms with Crippen molar-refractivity contribution in [2.75, 3.05) is 5.32 Å². The molecule has 0 aliphatic heterocycles. The van der Waals surface area contributed by atoms with Gasteiger partial charge < -0.3 is 5.32 Å². The number of Topliss-reactive ketones (excluding diaryl/α,β-unsaturated/α-hetero) is 1. The molecular formula is C27H30N6OS. The highest BCUT2D eigenvalue weighted by atomic mass is 32.1. The second kappa shape index (κ2) is 9.34. The van der Waals surface area contributed by atoms with Crippen molar-refractivity contribution in [1.82, 2.24) is 24.7 Å². The Labute approximate surface area is 209 Å². The number of thiazole rings is 1. The lowest BCUT2D eigenvalue weighted by molar-refractivity contribution is 0.0975. The van der Waals surface area contributed by atoms with Gasteiger partial charge in [-0.3, -0.25) is 9.48 Å². The van der Waals surface area contributed by atoms with Crippen molar-refractivity contribution in [1.29, 1.82) is 0 Å². The molecular weight excluding hydrogens is 456 g/mol. The number of rotatable bonds is 6. The summed E-state index contributed by atoms with van der Waals surface area (Å²) >= 11 is 1.53. The Morgan fingerprint density at radius 3 is 2.77 bits per heavy atom. The highest BCUT2D eigenvalue weighted by Crippen LogP contribution is 2.38. The van der Waals surface area contributed by atoms with Gasteiger partial charge in [0.15, 0.2) is 5.78 Å². The van der Waals surface area contributed by atoms with Crippen molar-refractivity contribution in [2.45, 2.75) is 57.8 Å². The monoisotopic (exact) mass is 486 g/mol. The fraction of sp³-hybridized carbons (Fsp3) is 0.370. The minimum Gasteiger partial charge on any atom is -0.338 e. The van der Waals surface area contributed by atoms with Gasteiger partial charge in [-0.1, -0.05) is 32.9 Å². The van der Waals surface area contributed by atoms with Crippen LogP contribution in [-0.4, -0.2) is 30.5 Å². The molecule has 0 fully saturated rings. The maximum Gasteiger partial charge on any atom is 0.175 e. The summed E-state index contributed by atoms with van der Waals surface area (Å²) in [4.78, 5) is 27.2. The number of hydrogen-bond acceptors (Lipinski definition) is 7. The molecule has 1 aliphatic rings. The third-order valence-electron chi connectivity index (χ3n) is 6.38. The number of carbonyl (C=O) groups is 1. The van der Waals surface area contributed by atoms with Gasteiger partial charge in [-0.2, -0.15) is 5.10 Å². The van der Waals surface area contributed by atoms with Crippen LogP contribution in [0.15, 0.2) is 49.2 Å². The van der Waals surface area contributed by atoms with E-state index in [2.05, 4.69) is 64.3 Å². The number of hydrogen-bond donors (Lipinski definition) is 1. The van der Waals surface area contributed by atoms with E-state index in [-0.39, 0.29) is 17.1 Å². The van der Waals surface area contributed by atoms with Gasteiger partial charge in [0.25, 0.3) is 0 Å². The summed E-state index contributed by atoms with van der Waals surface area (Å²) in [6, 6.07) is 8.48. The average molecular weight is 487 g/mol. The Morgan fingerprint density at radius 1 is 1.17 bits per heavy atom. The van der Waals surface area contributed by atoms with E-state index in [9.17, 15) is 4.79 Å². The lowest BCUT2D eigenvalue weighted by Gasteiger charge is -2.25. The van der Waals surface area contributed by atoms with Crippen LogP contribution in [0.25, 0.3) is 11.3 Å². The number of anilines is 2. The zero-order valence-electron chi connectivity index (χ0n) is 20.6. The number of benzene rings is 1. The van der Waals surface area contributed by atoms with E-state index < -0.39 is 0 Å². The average Bonchev–Trinajstić information content (AvgIpc) is 3.49. The zero-order valence-corrected chi connectivity index (χ0v) is 21.4. The Hall–Kier alpha value is -3.39. The second-order valence-corrected chi connectivity index (χ2v) is 11.3. The fourth-order valence-corrected chi connectivity index (χ4v) is 5.50. The lowest BCUT2D eigenvalue weighted by Crippen LogP contribution is -2.14. The number of aromatic nitrogens is 5. The second-order valence-electron chi connectivity index (χ2n) is 10.2. The van der Waals surface area contributed by atoms with Crippen molar-refractivity contribution in [3.63, 3.8) is 0 Å². The Bertz CT molecular complexity index is 1370. The minimum absolute atomic E-state index is 0.0363. The molecule has 1 atom stereocenters. The van der Waals surface area contributed by atoms with Crippen LogP contribution in [0.2, 0.25) is 0 Å². The van der Waals surface area contributed by atoms with Gasteiger partial charge in [-0.15, -0.1) is 11.3 Å². The quantitative estimate of drug-likeness (QED) is 0.333. The molecule has 1 aliphatic carbocycles. The van der Waals surface area contributed by atoms with Crippen LogP contribution in [0.4, 0.5) is 11.5 Å². The molecule has 0 spiro atoms. The van der Waals surface area contributed by atoms with Crippen LogP contribution >= 0.6 is 11.3 Å². The van der Waals surface area contributed by atoms with Crippen LogP contribution in [0.5, 0.6) is 0 Å². The lowest BCUT2D eigenvalue weighted by atomic mass is 9.79. The molecule has 0 saturated heterocycles. The Morgan fingerprint density at radius 2 is 2.03 bits per heavy atom. The third kappa shape index (κ3) is 5.17. The van der Waals surface area contributed by atoms with Gasteiger partial charge in [0.1, 0.15) is 12.1 Å². The molecule has 0 radical (unpaired) electrons. The Balaban J connectivity index is 1.34. The fourth-order valence-electron chi connectivity index (χ4n) is 4.58. The summed E-state index contributed by atoms with van der Waals surface area (Å²) in [5.74, 6) is 1.17. The molecule has 1 aromatic carbocycles.